The summed E-state index contributed by atoms with van der Waals surface area (Å²) in [5.41, 5.74) is 0.415. The highest BCUT2D eigenvalue weighted by atomic mass is 16.5. The van der Waals surface area contributed by atoms with E-state index in [1.807, 2.05) is 38.1 Å². The molecule has 0 spiro atoms. The first kappa shape index (κ1) is 14.9. The van der Waals surface area contributed by atoms with Gasteiger partial charge in [-0.25, -0.2) is 0 Å². The zero-order chi connectivity index (χ0) is 14.6. The smallest absolute Gasteiger partial charge is 0.324 e. The summed E-state index contributed by atoms with van der Waals surface area (Å²) in [6.45, 7) is 6.07. The first-order valence-electron chi connectivity index (χ1n) is 7.32. The fraction of sp³-hybridized carbons (Fsp3) is 0.562. The van der Waals surface area contributed by atoms with Crippen molar-refractivity contribution in [3.8, 4) is 5.75 Å². The molecule has 110 valence electrons. The van der Waals surface area contributed by atoms with Crippen molar-refractivity contribution in [3.63, 3.8) is 0 Å². The second-order valence-corrected chi connectivity index (χ2v) is 5.30. The van der Waals surface area contributed by atoms with E-state index in [9.17, 15) is 9.90 Å². The third kappa shape index (κ3) is 2.80. The SMILES string of the molecule is CCOc1cccc(CN2CCCC2(CC)C(=O)O)c1. The van der Waals surface area contributed by atoms with Crippen LogP contribution in [0.2, 0.25) is 0 Å². The van der Waals surface area contributed by atoms with Crippen molar-refractivity contribution in [3.05, 3.63) is 29.8 Å². The van der Waals surface area contributed by atoms with E-state index in [1.54, 1.807) is 0 Å². The molecular weight excluding hydrogens is 254 g/mol. The molecule has 2 rings (SSSR count). The van der Waals surface area contributed by atoms with Crippen molar-refractivity contribution < 1.29 is 14.6 Å². The van der Waals surface area contributed by atoms with Gasteiger partial charge in [-0.3, -0.25) is 9.69 Å². The molecule has 4 heteroatoms. The second kappa shape index (κ2) is 6.27. The average molecular weight is 277 g/mol. The Morgan fingerprint density at radius 1 is 1.45 bits per heavy atom. The van der Waals surface area contributed by atoms with E-state index in [0.717, 1.165) is 30.7 Å². The molecule has 0 radical (unpaired) electrons. The molecule has 20 heavy (non-hydrogen) atoms. The average Bonchev–Trinajstić information content (AvgIpc) is 2.83. The zero-order valence-electron chi connectivity index (χ0n) is 12.3. The van der Waals surface area contributed by atoms with Crippen LogP contribution in [0.1, 0.15) is 38.7 Å². The summed E-state index contributed by atoms with van der Waals surface area (Å²) in [4.78, 5) is 13.8. The van der Waals surface area contributed by atoms with Crippen LogP contribution in [0.15, 0.2) is 24.3 Å². The van der Waals surface area contributed by atoms with Crippen molar-refractivity contribution in [2.24, 2.45) is 0 Å². The van der Waals surface area contributed by atoms with Gasteiger partial charge in [0.15, 0.2) is 0 Å². The minimum atomic E-state index is -0.696. The fourth-order valence-corrected chi connectivity index (χ4v) is 3.08. The van der Waals surface area contributed by atoms with Crippen molar-refractivity contribution in [2.75, 3.05) is 13.2 Å². The van der Waals surface area contributed by atoms with Gasteiger partial charge in [0.05, 0.1) is 6.61 Å². The van der Waals surface area contributed by atoms with E-state index in [4.69, 9.17) is 4.74 Å². The van der Waals surface area contributed by atoms with Crippen molar-refractivity contribution in [1.29, 1.82) is 0 Å². The minimum Gasteiger partial charge on any atom is -0.494 e. The van der Waals surface area contributed by atoms with Crippen LogP contribution >= 0.6 is 0 Å². The van der Waals surface area contributed by atoms with Crippen LogP contribution in [0.5, 0.6) is 5.75 Å². The van der Waals surface area contributed by atoms with Gasteiger partial charge >= 0.3 is 5.97 Å². The molecule has 0 aliphatic carbocycles. The molecule has 1 aliphatic rings. The van der Waals surface area contributed by atoms with E-state index >= 15 is 0 Å². The van der Waals surface area contributed by atoms with Gasteiger partial charge in [0, 0.05) is 6.54 Å². The summed E-state index contributed by atoms with van der Waals surface area (Å²) in [6.07, 6.45) is 2.34. The quantitative estimate of drug-likeness (QED) is 0.868. The molecule has 0 amide bonds. The Bertz CT molecular complexity index is 475. The predicted molar refractivity (Wildman–Crippen MR) is 77.9 cm³/mol. The van der Waals surface area contributed by atoms with Gasteiger partial charge in [0.25, 0.3) is 0 Å². The van der Waals surface area contributed by atoms with Gasteiger partial charge in [-0.1, -0.05) is 19.1 Å². The molecule has 1 unspecified atom stereocenters. The molecule has 1 atom stereocenters. The summed E-state index contributed by atoms with van der Waals surface area (Å²) in [6, 6.07) is 7.93. The highest BCUT2D eigenvalue weighted by molar-refractivity contribution is 5.79. The first-order chi connectivity index (χ1) is 9.62. The lowest BCUT2D eigenvalue weighted by atomic mass is 9.92. The number of likely N-dealkylation sites (tertiary alicyclic amines) is 1. The van der Waals surface area contributed by atoms with Gasteiger partial charge in [0.2, 0.25) is 0 Å². The highest BCUT2D eigenvalue weighted by Crippen LogP contribution is 2.34. The number of nitrogens with zero attached hydrogens (tertiary/aromatic N) is 1. The maximum absolute atomic E-state index is 11.7. The molecule has 1 aliphatic heterocycles. The maximum atomic E-state index is 11.7. The predicted octanol–water partition coefficient (Wildman–Crippen LogP) is 2.91. The number of carboxylic acids is 1. The Kier molecular flexibility index (Phi) is 4.65. The van der Waals surface area contributed by atoms with Crippen LogP contribution in [0.25, 0.3) is 0 Å². The van der Waals surface area contributed by atoms with Crippen LogP contribution in [0.3, 0.4) is 0 Å². The van der Waals surface area contributed by atoms with Crippen LogP contribution in [-0.4, -0.2) is 34.7 Å². The minimum absolute atomic E-state index is 0.640. The third-order valence-electron chi connectivity index (χ3n) is 4.19. The van der Waals surface area contributed by atoms with Gasteiger partial charge in [0.1, 0.15) is 11.3 Å². The highest BCUT2D eigenvalue weighted by Gasteiger charge is 2.45. The number of hydrogen-bond acceptors (Lipinski definition) is 3. The molecule has 1 heterocycles. The number of carbonyl (C=O) groups is 1. The van der Waals surface area contributed by atoms with Crippen molar-refractivity contribution in [2.45, 2.75) is 45.2 Å². The Hall–Kier alpha value is -1.55. The van der Waals surface area contributed by atoms with Crippen LogP contribution < -0.4 is 4.74 Å². The topological polar surface area (TPSA) is 49.8 Å². The molecule has 1 N–H and O–H groups in total. The lowest BCUT2D eigenvalue weighted by Crippen LogP contribution is -2.49. The standard InChI is InChI=1S/C16H23NO3/c1-3-16(15(18)19)9-6-10-17(16)12-13-7-5-8-14(11-13)20-4-2/h5,7-8,11H,3-4,6,9-10,12H2,1-2H3,(H,18,19). The Labute approximate surface area is 120 Å². The summed E-state index contributed by atoms with van der Waals surface area (Å²) < 4.78 is 5.50. The molecule has 1 aromatic carbocycles. The summed E-state index contributed by atoms with van der Waals surface area (Å²) in [5.74, 6) is 0.153. The van der Waals surface area contributed by atoms with E-state index in [-0.39, 0.29) is 0 Å². The van der Waals surface area contributed by atoms with Crippen LogP contribution in [0, 0.1) is 0 Å². The molecular formula is C16H23NO3. The van der Waals surface area contributed by atoms with Gasteiger partial charge in [-0.2, -0.15) is 0 Å². The summed E-state index contributed by atoms with van der Waals surface area (Å²) in [7, 11) is 0. The number of benzene rings is 1. The van der Waals surface area contributed by atoms with Crippen LogP contribution in [0.4, 0.5) is 0 Å². The van der Waals surface area contributed by atoms with Gasteiger partial charge in [-0.05, 0) is 50.4 Å². The van der Waals surface area contributed by atoms with Crippen LogP contribution in [-0.2, 0) is 11.3 Å². The lowest BCUT2D eigenvalue weighted by molar-refractivity contribution is -0.150. The fourth-order valence-electron chi connectivity index (χ4n) is 3.08. The zero-order valence-corrected chi connectivity index (χ0v) is 12.3. The second-order valence-electron chi connectivity index (χ2n) is 5.30. The van der Waals surface area contributed by atoms with Crippen molar-refractivity contribution in [1.82, 2.24) is 4.90 Å². The molecule has 0 bridgehead atoms. The van der Waals surface area contributed by atoms with E-state index in [0.29, 0.717) is 19.6 Å². The number of carboxylic acid groups (broad SMARTS) is 1. The summed E-state index contributed by atoms with van der Waals surface area (Å²) >= 11 is 0. The monoisotopic (exact) mass is 277 g/mol. The van der Waals surface area contributed by atoms with Gasteiger partial charge < -0.3 is 9.84 Å². The summed E-state index contributed by atoms with van der Waals surface area (Å²) in [5, 5.41) is 9.58. The van der Waals surface area contributed by atoms with E-state index in [2.05, 4.69) is 4.90 Å². The van der Waals surface area contributed by atoms with E-state index in [1.165, 1.54) is 0 Å². The Morgan fingerprint density at radius 2 is 2.25 bits per heavy atom. The Balaban J connectivity index is 2.16. The third-order valence-corrected chi connectivity index (χ3v) is 4.19. The molecule has 1 fully saturated rings. The normalized spacial score (nSPS) is 22.9. The van der Waals surface area contributed by atoms with E-state index < -0.39 is 11.5 Å². The molecule has 0 saturated carbocycles. The number of aliphatic carboxylic acids is 1. The Morgan fingerprint density at radius 3 is 2.90 bits per heavy atom. The first-order valence-corrected chi connectivity index (χ1v) is 7.32. The molecule has 1 saturated heterocycles. The largest absolute Gasteiger partial charge is 0.494 e. The molecule has 1 aromatic rings. The molecule has 4 nitrogen and oxygen atoms in total. The number of hydrogen-bond donors (Lipinski definition) is 1. The maximum Gasteiger partial charge on any atom is 0.324 e. The van der Waals surface area contributed by atoms with Crippen molar-refractivity contribution >= 4 is 5.97 Å². The van der Waals surface area contributed by atoms with Gasteiger partial charge in [-0.15, -0.1) is 0 Å². The lowest BCUT2D eigenvalue weighted by Gasteiger charge is -2.34. The number of rotatable bonds is 6. The number of ether oxygens (including phenoxy) is 1. The molecule has 0 aromatic heterocycles.